The summed E-state index contributed by atoms with van der Waals surface area (Å²) in [6.45, 7) is 9.44. The number of hydrogen-bond donors (Lipinski definition) is 0. The maximum Gasteiger partial charge on any atom is 0.222 e. The highest BCUT2D eigenvalue weighted by molar-refractivity contribution is 5.76. The van der Waals surface area contributed by atoms with Crippen molar-refractivity contribution in [3.63, 3.8) is 0 Å². The molecule has 1 amide bonds. The molecule has 3 aliphatic rings. The first-order valence-electron chi connectivity index (χ1n) is 9.23. The van der Waals surface area contributed by atoms with Crippen molar-refractivity contribution in [1.29, 1.82) is 0 Å². The van der Waals surface area contributed by atoms with Gasteiger partial charge in [0.15, 0.2) is 0 Å². The lowest BCUT2D eigenvalue weighted by Crippen LogP contribution is -2.41. The molecule has 1 aromatic rings. The monoisotopic (exact) mass is 329 g/mol. The van der Waals surface area contributed by atoms with Crippen LogP contribution in [0.2, 0.25) is 0 Å². The van der Waals surface area contributed by atoms with Crippen LogP contribution in [-0.2, 0) is 4.79 Å². The van der Waals surface area contributed by atoms with Gasteiger partial charge in [-0.2, -0.15) is 0 Å². The zero-order valence-corrected chi connectivity index (χ0v) is 14.5. The molecule has 4 rings (SSSR count). The Kier molecular flexibility index (Phi) is 4.39. The smallest absolute Gasteiger partial charge is 0.222 e. The van der Waals surface area contributed by atoms with E-state index in [1.165, 1.54) is 6.42 Å². The fourth-order valence-corrected chi connectivity index (χ4v) is 4.43. The van der Waals surface area contributed by atoms with Gasteiger partial charge >= 0.3 is 0 Å². The Morgan fingerprint density at radius 3 is 2.58 bits per heavy atom. The van der Waals surface area contributed by atoms with Crippen molar-refractivity contribution in [2.45, 2.75) is 26.2 Å². The van der Waals surface area contributed by atoms with Gasteiger partial charge < -0.3 is 14.7 Å². The lowest BCUT2D eigenvalue weighted by molar-refractivity contribution is -0.133. The van der Waals surface area contributed by atoms with Crippen LogP contribution in [0, 0.1) is 18.8 Å². The van der Waals surface area contributed by atoms with Crippen LogP contribution in [0.3, 0.4) is 0 Å². The van der Waals surface area contributed by atoms with E-state index in [1.807, 2.05) is 6.92 Å². The third-order valence-electron chi connectivity index (χ3n) is 5.78. The molecule has 0 radical (unpaired) electrons. The van der Waals surface area contributed by atoms with Crippen LogP contribution in [0.5, 0.6) is 0 Å². The number of fused-ring (bicyclic) bond motifs is 1. The van der Waals surface area contributed by atoms with E-state index in [9.17, 15) is 4.79 Å². The summed E-state index contributed by atoms with van der Waals surface area (Å²) in [5, 5.41) is 0. The van der Waals surface area contributed by atoms with Gasteiger partial charge in [0.1, 0.15) is 12.1 Å². The highest BCUT2D eigenvalue weighted by atomic mass is 16.2. The molecule has 24 heavy (non-hydrogen) atoms. The van der Waals surface area contributed by atoms with Crippen LogP contribution in [0.1, 0.15) is 25.0 Å². The summed E-state index contributed by atoms with van der Waals surface area (Å²) in [6.07, 6.45) is 4.66. The summed E-state index contributed by atoms with van der Waals surface area (Å²) in [5.74, 6) is 2.89. The molecule has 6 nitrogen and oxygen atoms in total. The Morgan fingerprint density at radius 1 is 1.08 bits per heavy atom. The first-order chi connectivity index (χ1) is 11.7. The highest BCUT2D eigenvalue weighted by Gasteiger charge is 2.40. The molecule has 3 saturated heterocycles. The predicted molar refractivity (Wildman–Crippen MR) is 92.8 cm³/mol. The lowest BCUT2D eigenvalue weighted by atomic mass is 10.0. The van der Waals surface area contributed by atoms with Gasteiger partial charge in [0.05, 0.1) is 0 Å². The number of likely N-dealkylation sites (tertiary alicyclic amines) is 2. The second-order valence-electron chi connectivity index (χ2n) is 7.54. The van der Waals surface area contributed by atoms with Gasteiger partial charge in [-0.3, -0.25) is 4.79 Å². The van der Waals surface area contributed by atoms with E-state index >= 15 is 0 Å². The zero-order valence-electron chi connectivity index (χ0n) is 14.5. The van der Waals surface area contributed by atoms with Crippen LogP contribution in [0.4, 0.5) is 5.82 Å². The number of piperidine rings is 1. The average Bonchev–Trinajstić information content (AvgIpc) is 3.12. The Morgan fingerprint density at radius 2 is 1.88 bits per heavy atom. The van der Waals surface area contributed by atoms with Gasteiger partial charge in [0.2, 0.25) is 5.91 Å². The quantitative estimate of drug-likeness (QED) is 0.830. The fourth-order valence-electron chi connectivity index (χ4n) is 4.43. The molecule has 0 saturated carbocycles. The van der Waals surface area contributed by atoms with Gasteiger partial charge in [0.25, 0.3) is 0 Å². The summed E-state index contributed by atoms with van der Waals surface area (Å²) >= 11 is 0. The van der Waals surface area contributed by atoms with Crippen molar-refractivity contribution in [3.8, 4) is 0 Å². The first-order valence-corrected chi connectivity index (χ1v) is 9.23. The molecule has 4 heterocycles. The molecule has 3 fully saturated rings. The van der Waals surface area contributed by atoms with Crippen molar-refractivity contribution >= 4 is 11.7 Å². The number of nitrogens with zero attached hydrogens (tertiary/aromatic N) is 5. The Hall–Kier alpha value is -1.69. The Bertz CT molecular complexity index is 593. The van der Waals surface area contributed by atoms with Crippen molar-refractivity contribution in [2.75, 3.05) is 50.7 Å². The van der Waals surface area contributed by atoms with E-state index in [2.05, 4.69) is 30.7 Å². The summed E-state index contributed by atoms with van der Waals surface area (Å²) in [7, 11) is 0. The third kappa shape index (κ3) is 3.24. The van der Waals surface area contributed by atoms with Crippen molar-refractivity contribution in [3.05, 3.63) is 18.1 Å². The van der Waals surface area contributed by atoms with Crippen LogP contribution >= 0.6 is 0 Å². The van der Waals surface area contributed by atoms with Gasteiger partial charge in [-0.05, 0) is 31.6 Å². The molecule has 0 N–H and O–H groups in total. The number of carbonyl (C=O) groups excluding carboxylic acids is 1. The van der Waals surface area contributed by atoms with E-state index in [1.54, 1.807) is 6.33 Å². The summed E-state index contributed by atoms with van der Waals surface area (Å²) in [4.78, 5) is 27.6. The Balaban J connectivity index is 1.27. The average molecular weight is 329 g/mol. The normalized spacial score (nSPS) is 27.8. The van der Waals surface area contributed by atoms with Crippen molar-refractivity contribution in [2.24, 2.45) is 11.8 Å². The molecule has 0 spiro atoms. The Labute approximate surface area is 143 Å². The summed E-state index contributed by atoms with van der Waals surface area (Å²) in [5.41, 5.74) is 1.03. The molecular weight excluding hydrogens is 302 g/mol. The molecular formula is C18H27N5O. The number of rotatable bonds is 4. The maximum absolute atomic E-state index is 11.9. The van der Waals surface area contributed by atoms with Crippen LogP contribution < -0.4 is 4.90 Å². The van der Waals surface area contributed by atoms with E-state index in [4.69, 9.17) is 0 Å². The molecule has 130 valence electrons. The maximum atomic E-state index is 11.9. The number of aromatic nitrogens is 2. The first kappa shape index (κ1) is 15.8. The standard InChI is InChI=1S/C18H27N5O/c1-14-8-17(20-13-19-14)23-11-15-9-21(10-16(15)12-23)6-7-22-5-3-2-4-18(22)24/h8,13,15-16H,2-7,9-12H2,1H3. The lowest BCUT2D eigenvalue weighted by Gasteiger charge is -2.29. The predicted octanol–water partition coefficient (Wildman–Crippen LogP) is 1.17. The molecule has 2 unspecified atom stereocenters. The zero-order chi connectivity index (χ0) is 16.5. The molecule has 0 aliphatic carbocycles. The van der Waals surface area contributed by atoms with E-state index < -0.39 is 0 Å². The molecule has 0 aromatic carbocycles. The number of hydrogen-bond acceptors (Lipinski definition) is 5. The van der Waals surface area contributed by atoms with Crippen LogP contribution in [0.25, 0.3) is 0 Å². The summed E-state index contributed by atoms with van der Waals surface area (Å²) in [6, 6.07) is 2.08. The molecule has 3 aliphatic heterocycles. The molecule has 6 heteroatoms. The van der Waals surface area contributed by atoms with Crippen LogP contribution in [-0.4, -0.2) is 71.5 Å². The second-order valence-corrected chi connectivity index (χ2v) is 7.54. The minimum Gasteiger partial charge on any atom is -0.356 e. The summed E-state index contributed by atoms with van der Waals surface area (Å²) < 4.78 is 0. The minimum atomic E-state index is 0.353. The van der Waals surface area contributed by atoms with Gasteiger partial charge in [-0.25, -0.2) is 9.97 Å². The number of amides is 1. The van der Waals surface area contributed by atoms with Gasteiger partial charge in [-0.15, -0.1) is 0 Å². The minimum absolute atomic E-state index is 0.353. The van der Waals surface area contributed by atoms with Crippen LogP contribution in [0.15, 0.2) is 12.4 Å². The molecule has 0 bridgehead atoms. The topological polar surface area (TPSA) is 52.6 Å². The fraction of sp³-hybridized carbons (Fsp3) is 0.722. The number of aryl methyl sites for hydroxylation is 1. The van der Waals surface area contributed by atoms with Gasteiger partial charge in [0, 0.05) is 64.0 Å². The van der Waals surface area contributed by atoms with E-state index in [0.29, 0.717) is 5.91 Å². The number of carbonyl (C=O) groups is 1. The van der Waals surface area contributed by atoms with E-state index in [-0.39, 0.29) is 0 Å². The SMILES string of the molecule is Cc1cc(N2CC3CN(CCN4CCCCC4=O)CC3C2)ncn1. The largest absolute Gasteiger partial charge is 0.356 e. The molecule has 2 atom stereocenters. The highest BCUT2D eigenvalue weighted by Crippen LogP contribution is 2.33. The second kappa shape index (κ2) is 6.67. The van der Waals surface area contributed by atoms with E-state index in [0.717, 1.165) is 82.0 Å². The molecule has 1 aromatic heterocycles. The number of anilines is 1. The van der Waals surface area contributed by atoms with Crippen molar-refractivity contribution < 1.29 is 4.79 Å². The van der Waals surface area contributed by atoms with Gasteiger partial charge in [-0.1, -0.05) is 0 Å². The third-order valence-corrected chi connectivity index (χ3v) is 5.78. The van der Waals surface area contributed by atoms with Crippen molar-refractivity contribution in [1.82, 2.24) is 19.8 Å².